The zero-order chi connectivity index (χ0) is 19.9. The average molecular weight is 401 g/mol. The average Bonchev–Trinajstić information content (AvgIpc) is 2.54. The summed E-state index contributed by atoms with van der Waals surface area (Å²) in [4.78, 5) is 37.1. The number of aromatic nitrogens is 1. The van der Waals surface area contributed by atoms with Crippen molar-refractivity contribution in [2.24, 2.45) is 5.73 Å². The highest BCUT2D eigenvalue weighted by Crippen LogP contribution is 2.12. The lowest BCUT2D eigenvalue weighted by Crippen LogP contribution is -2.42. The molecular formula is C19H33ClN4O3. The minimum absolute atomic E-state index is 0. The van der Waals surface area contributed by atoms with E-state index in [0.29, 0.717) is 23.4 Å². The molecule has 1 aromatic rings. The molecule has 0 aliphatic rings. The molecule has 2 amide bonds. The zero-order valence-electron chi connectivity index (χ0n) is 16.9. The molecule has 0 aliphatic carbocycles. The van der Waals surface area contributed by atoms with E-state index >= 15 is 0 Å². The molecule has 8 heteroatoms. The van der Waals surface area contributed by atoms with Gasteiger partial charge in [0.25, 0.3) is 11.5 Å². The van der Waals surface area contributed by atoms with Crippen LogP contribution in [-0.4, -0.2) is 35.0 Å². The molecule has 0 saturated heterocycles. The number of rotatable bonds is 9. The van der Waals surface area contributed by atoms with Gasteiger partial charge in [-0.25, -0.2) is 0 Å². The summed E-state index contributed by atoms with van der Waals surface area (Å²) in [6.07, 6.45) is 2.82. The summed E-state index contributed by atoms with van der Waals surface area (Å²) >= 11 is 0. The third-order valence-electron chi connectivity index (χ3n) is 4.27. The number of halogens is 1. The normalized spacial score (nSPS) is 11.7. The monoisotopic (exact) mass is 400 g/mol. The van der Waals surface area contributed by atoms with Gasteiger partial charge >= 0.3 is 0 Å². The fourth-order valence-corrected chi connectivity index (χ4v) is 2.93. The number of hydrogen-bond donors (Lipinski definition) is 3. The van der Waals surface area contributed by atoms with Crippen LogP contribution in [0.2, 0.25) is 0 Å². The SMILES string of the molecule is CCCCC(CN)NC(=O)c1c(C)cc(=O)n(CC(=O)NC(C)C)c1C.Cl. The molecule has 0 spiro atoms. The highest BCUT2D eigenvalue weighted by atomic mass is 35.5. The molecule has 4 N–H and O–H groups in total. The number of nitrogens with one attached hydrogen (secondary N) is 2. The van der Waals surface area contributed by atoms with Crippen LogP contribution in [0.15, 0.2) is 10.9 Å². The molecule has 1 aromatic heterocycles. The summed E-state index contributed by atoms with van der Waals surface area (Å²) in [6, 6.07) is 1.27. The Morgan fingerprint density at radius 2 is 1.85 bits per heavy atom. The molecule has 0 fully saturated rings. The summed E-state index contributed by atoms with van der Waals surface area (Å²) in [5.74, 6) is -0.521. The Kier molecular flexibility index (Phi) is 11.0. The summed E-state index contributed by atoms with van der Waals surface area (Å²) < 4.78 is 1.34. The van der Waals surface area contributed by atoms with Gasteiger partial charge in [-0.15, -0.1) is 12.4 Å². The third kappa shape index (κ3) is 7.34. The van der Waals surface area contributed by atoms with E-state index in [0.717, 1.165) is 19.3 Å². The van der Waals surface area contributed by atoms with Crippen LogP contribution in [0.1, 0.15) is 61.6 Å². The lowest BCUT2D eigenvalue weighted by atomic mass is 10.0. The topological polar surface area (TPSA) is 106 Å². The minimum Gasteiger partial charge on any atom is -0.352 e. The van der Waals surface area contributed by atoms with Gasteiger partial charge in [0, 0.05) is 30.4 Å². The van der Waals surface area contributed by atoms with Crippen LogP contribution in [0, 0.1) is 13.8 Å². The van der Waals surface area contributed by atoms with E-state index in [1.807, 2.05) is 13.8 Å². The first-order chi connectivity index (χ1) is 12.2. The van der Waals surface area contributed by atoms with Gasteiger partial charge in [-0.2, -0.15) is 0 Å². The highest BCUT2D eigenvalue weighted by Gasteiger charge is 2.20. The molecule has 1 atom stereocenters. The van der Waals surface area contributed by atoms with Crippen LogP contribution in [0.3, 0.4) is 0 Å². The molecule has 0 aromatic carbocycles. The van der Waals surface area contributed by atoms with E-state index in [4.69, 9.17) is 5.73 Å². The Bertz CT molecular complexity index is 701. The van der Waals surface area contributed by atoms with Crippen molar-refractivity contribution in [3.63, 3.8) is 0 Å². The maximum atomic E-state index is 12.8. The summed E-state index contributed by atoms with van der Waals surface area (Å²) in [5, 5.41) is 5.71. The first kappa shape index (κ1) is 25.1. The van der Waals surface area contributed by atoms with Crippen molar-refractivity contribution in [2.45, 2.75) is 72.5 Å². The fourth-order valence-electron chi connectivity index (χ4n) is 2.93. The van der Waals surface area contributed by atoms with Crippen LogP contribution in [-0.2, 0) is 11.3 Å². The number of amides is 2. The second kappa shape index (κ2) is 11.8. The van der Waals surface area contributed by atoms with Crippen molar-refractivity contribution in [1.82, 2.24) is 15.2 Å². The summed E-state index contributed by atoms with van der Waals surface area (Å²) in [7, 11) is 0. The Labute approximate surface area is 167 Å². The van der Waals surface area contributed by atoms with Gasteiger partial charge in [-0.1, -0.05) is 19.8 Å². The Morgan fingerprint density at radius 1 is 1.22 bits per heavy atom. The third-order valence-corrected chi connectivity index (χ3v) is 4.27. The number of pyridine rings is 1. The smallest absolute Gasteiger partial charge is 0.253 e. The fraction of sp³-hybridized carbons (Fsp3) is 0.632. The molecule has 0 saturated carbocycles. The summed E-state index contributed by atoms with van der Waals surface area (Å²) in [6.45, 7) is 9.46. The maximum absolute atomic E-state index is 12.8. The number of carbonyl (C=O) groups excluding carboxylic acids is 2. The van der Waals surface area contributed by atoms with E-state index in [-0.39, 0.29) is 48.4 Å². The largest absolute Gasteiger partial charge is 0.352 e. The zero-order valence-corrected chi connectivity index (χ0v) is 17.7. The van der Waals surface area contributed by atoms with Gasteiger partial charge in [-0.3, -0.25) is 14.4 Å². The number of hydrogen-bond acceptors (Lipinski definition) is 4. The molecule has 7 nitrogen and oxygen atoms in total. The molecule has 1 unspecified atom stereocenters. The maximum Gasteiger partial charge on any atom is 0.253 e. The molecule has 27 heavy (non-hydrogen) atoms. The van der Waals surface area contributed by atoms with E-state index in [9.17, 15) is 14.4 Å². The van der Waals surface area contributed by atoms with Gasteiger partial charge < -0.3 is 20.9 Å². The van der Waals surface area contributed by atoms with Gasteiger partial charge in [0.2, 0.25) is 5.91 Å². The van der Waals surface area contributed by atoms with Gasteiger partial charge in [-0.05, 0) is 39.7 Å². The minimum atomic E-state index is -0.295. The second-order valence-corrected chi connectivity index (χ2v) is 6.98. The van der Waals surface area contributed by atoms with Crippen molar-refractivity contribution in [1.29, 1.82) is 0 Å². The highest BCUT2D eigenvalue weighted by molar-refractivity contribution is 5.97. The Hall–Kier alpha value is -1.86. The van der Waals surface area contributed by atoms with Crippen molar-refractivity contribution >= 4 is 24.2 Å². The van der Waals surface area contributed by atoms with Crippen LogP contribution in [0.4, 0.5) is 0 Å². The molecule has 1 rings (SSSR count). The number of unbranched alkanes of at least 4 members (excludes halogenated alkanes) is 1. The van der Waals surface area contributed by atoms with Gasteiger partial charge in [0.05, 0.1) is 5.56 Å². The van der Waals surface area contributed by atoms with Crippen molar-refractivity contribution < 1.29 is 9.59 Å². The van der Waals surface area contributed by atoms with Crippen molar-refractivity contribution in [3.8, 4) is 0 Å². The predicted octanol–water partition coefficient (Wildman–Crippen LogP) is 1.66. The number of aryl methyl sites for hydroxylation is 1. The quantitative estimate of drug-likeness (QED) is 0.586. The molecule has 154 valence electrons. The number of nitrogens with zero attached hydrogens (tertiary/aromatic N) is 1. The number of carbonyl (C=O) groups is 2. The lowest BCUT2D eigenvalue weighted by Gasteiger charge is -2.20. The van der Waals surface area contributed by atoms with Crippen LogP contribution in [0.5, 0.6) is 0 Å². The van der Waals surface area contributed by atoms with Crippen LogP contribution in [0.25, 0.3) is 0 Å². The molecular weight excluding hydrogens is 368 g/mol. The summed E-state index contributed by atoms with van der Waals surface area (Å²) in [5.41, 5.74) is 6.97. The van der Waals surface area contributed by atoms with E-state index < -0.39 is 0 Å². The van der Waals surface area contributed by atoms with E-state index in [1.165, 1.54) is 10.6 Å². The van der Waals surface area contributed by atoms with Gasteiger partial charge in [0.15, 0.2) is 0 Å². The standard InChI is InChI=1S/C19H32N4O3.ClH/c1-6-7-8-15(10-20)22-19(26)18-13(4)9-17(25)23(14(18)5)11-16(24)21-12(2)3;/h9,12,15H,6-8,10-11,20H2,1-5H3,(H,21,24)(H,22,26);1H. The predicted molar refractivity (Wildman–Crippen MR) is 111 cm³/mol. The van der Waals surface area contributed by atoms with Crippen molar-refractivity contribution in [2.75, 3.05) is 6.54 Å². The van der Waals surface area contributed by atoms with E-state index in [2.05, 4.69) is 17.6 Å². The molecule has 0 bridgehead atoms. The molecule has 1 heterocycles. The van der Waals surface area contributed by atoms with Crippen LogP contribution < -0.4 is 21.9 Å². The molecule has 0 aliphatic heterocycles. The van der Waals surface area contributed by atoms with Crippen molar-refractivity contribution in [3.05, 3.63) is 33.2 Å². The first-order valence-corrected chi connectivity index (χ1v) is 9.22. The van der Waals surface area contributed by atoms with Gasteiger partial charge in [0.1, 0.15) is 6.54 Å². The first-order valence-electron chi connectivity index (χ1n) is 9.22. The number of nitrogens with two attached hydrogens (primary N) is 1. The Morgan fingerprint density at radius 3 is 2.37 bits per heavy atom. The second-order valence-electron chi connectivity index (χ2n) is 6.98. The van der Waals surface area contributed by atoms with Crippen LogP contribution >= 0.6 is 12.4 Å². The van der Waals surface area contributed by atoms with E-state index in [1.54, 1.807) is 13.8 Å². The molecule has 0 radical (unpaired) electrons. The lowest BCUT2D eigenvalue weighted by molar-refractivity contribution is -0.122. The Balaban J connectivity index is 0.00000676.